The second-order valence-corrected chi connectivity index (χ2v) is 4.89. The summed E-state index contributed by atoms with van der Waals surface area (Å²) in [4.78, 5) is 2.26. The lowest BCUT2D eigenvalue weighted by Gasteiger charge is -2.22. The minimum Gasteiger partial charge on any atom is -0.399 e. The maximum Gasteiger partial charge on any atom is 0.0427 e. The van der Waals surface area contributed by atoms with Gasteiger partial charge >= 0.3 is 0 Å². The van der Waals surface area contributed by atoms with E-state index in [-0.39, 0.29) is 0 Å². The summed E-state index contributed by atoms with van der Waals surface area (Å²) < 4.78 is 0. The van der Waals surface area contributed by atoms with Gasteiger partial charge in [-0.3, -0.25) is 0 Å². The summed E-state index contributed by atoms with van der Waals surface area (Å²) in [5, 5.41) is 0. The summed E-state index contributed by atoms with van der Waals surface area (Å²) in [6, 6.07) is 14.6. The number of benzene rings is 2. The van der Waals surface area contributed by atoms with Crippen LogP contribution in [0.1, 0.15) is 16.7 Å². The third-order valence-corrected chi connectivity index (χ3v) is 3.15. The minimum absolute atomic E-state index is 0.821. The highest BCUT2D eigenvalue weighted by molar-refractivity contribution is 5.55. The smallest absolute Gasteiger partial charge is 0.0427 e. The highest BCUT2D eigenvalue weighted by Gasteiger charge is 2.05. The number of nitrogens with two attached hydrogens (primary N) is 1. The molecule has 0 amide bonds. The fourth-order valence-electron chi connectivity index (χ4n) is 2.18. The van der Waals surface area contributed by atoms with Crippen LogP contribution in [0.25, 0.3) is 0 Å². The van der Waals surface area contributed by atoms with Crippen molar-refractivity contribution in [1.82, 2.24) is 0 Å². The minimum atomic E-state index is 0.821. The zero-order valence-electron chi connectivity index (χ0n) is 11.3. The average molecular weight is 240 g/mol. The molecule has 2 aromatic carbocycles. The standard InChI is InChI=1S/C16H20N2/c1-12-7-8-13(2)16(9-12)18(3)11-14-5-4-6-15(17)10-14/h4-10H,11,17H2,1-3H3. The summed E-state index contributed by atoms with van der Waals surface area (Å²) >= 11 is 0. The second kappa shape index (κ2) is 5.13. The number of nitrogens with zero attached hydrogens (tertiary/aromatic N) is 1. The Balaban J connectivity index is 2.21. The van der Waals surface area contributed by atoms with Crippen molar-refractivity contribution >= 4 is 11.4 Å². The maximum absolute atomic E-state index is 5.81. The average Bonchev–Trinajstić information content (AvgIpc) is 2.32. The summed E-state index contributed by atoms with van der Waals surface area (Å²) in [6.45, 7) is 5.14. The molecule has 94 valence electrons. The molecule has 2 aromatic rings. The van der Waals surface area contributed by atoms with Crippen LogP contribution in [0.5, 0.6) is 0 Å². The molecule has 0 heterocycles. The highest BCUT2D eigenvalue weighted by Crippen LogP contribution is 2.22. The van der Waals surface area contributed by atoms with Crippen LogP contribution in [0.4, 0.5) is 11.4 Å². The molecule has 0 radical (unpaired) electrons. The number of aryl methyl sites for hydroxylation is 2. The quantitative estimate of drug-likeness (QED) is 0.832. The molecule has 0 aliphatic rings. The number of hydrogen-bond donors (Lipinski definition) is 1. The largest absolute Gasteiger partial charge is 0.399 e. The lowest BCUT2D eigenvalue weighted by Crippen LogP contribution is -2.17. The third kappa shape index (κ3) is 2.83. The van der Waals surface area contributed by atoms with E-state index >= 15 is 0 Å². The van der Waals surface area contributed by atoms with Crippen LogP contribution in [0.2, 0.25) is 0 Å². The first-order valence-corrected chi connectivity index (χ1v) is 6.19. The van der Waals surface area contributed by atoms with Crippen LogP contribution >= 0.6 is 0 Å². The lowest BCUT2D eigenvalue weighted by molar-refractivity contribution is 0.916. The molecule has 0 spiro atoms. The predicted octanol–water partition coefficient (Wildman–Crippen LogP) is 3.52. The maximum atomic E-state index is 5.81. The molecule has 2 nitrogen and oxygen atoms in total. The van der Waals surface area contributed by atoms with Crippen LogP contribution in [0, 0.1) is 13.8 Å². The molecule has 0 aromatic heterocycles. The van der Waals surface area contributed by atoms with Crippen molar-refractivity contribution in [2.45, 2.75) is 20.4 Å². The van der Waals surface area contributed by atoms with Gasteiger partial charge in [-0.2, -0.15) is 0 Å². The van der Waals surface area contributed by atoms with Crippen molar-refractivity contribution in [3.05, 3.63) is 59.2 Å². The fourth-order valence-corrected chi connectivity index (χ4v) is 2.18. The van der Waals surface area contributed by atoms with Gasteiger partial charge in [0.25, 0.3) is 0 Å². The highest BCUT2D eigenvalue weighted by atomic mass is 15.1. The molecular formula is C16H20N2. The van der Waals surface area contributed by atoms with Crippen molar-refractivity contribution in [1.29, 1.82) is 0 Å². The zero-order chi connectivity index (χ0) is 13.1. The molecule has 0 saturated carbocycles. The first-order chi connectivity index (χ1) is 8.56. The Morgan fingerprint density at radius 3 is 2.56 bits per heavy atom. The first-order valence-electron chi connectivity index (χ1n) is 6.19. The van der Waals surface area contributed by atoms with Crippen molar-refractivity contribution in [2.24, 2.45) is 0 Å². The van der Waals surface area contributed by atoms with E-state index in [1.807, 2.05) is 18.2 Å². The van der Waals surface area contributed by atoms with Gasteiger partial charge in [0.2, 0.25) is 0 Å². The molecule has 0 atom stereocenters. The van der Waals surface area contributed by atoms with Gasteiger partial charge in [0.15, 0.2) is 0 Å². The molecule has 2 N–H and O–H groups in total. The summed E-state index contributed by atoms with van der Waals surface area (Å²) in [5.41, 5.74) is 11.7. The van der Waals surface area contributed by atoms with E-state index in [9.17, 15) is 0 Å². The molecule has 18 heavy (non-hydrogen) atoms. The second-order valence-electron chi connectivity index (χ2n) is 4.89. The molecule has 0 bridgehead atoms. The van der Waals surface area contributed by atoms with E-state index in [0.717, 1.165) is 12.2 Å². The number of anilines is 2. The zero-order valence-corrected chi connectivity index (χ0v) is 11.3. The fraction of sp³-hybridized carbons (Fsp3) is 0.250. The molecule has 0 fully saturated rings. The molecule has 2 rings (SSSR count). The Morgan fingerprint density at radius 1 is 1.06 bits per heavy atom. The Bertz CT molecular complexity index is 547. The first kappa shape index (κ1) is 12.5. The van der Waals surface area contributed by atoms with Crippen LogP contribution < -0.4 is 10.6 Å². The Morgan fingerprint density at radius 2 is 1.83 bits per heavy atom. The van der Waals surface area contributed by atoms with Gasteiger partial charge in [0.05, 0.1) is 0 Å². The van der Waals surface area contributed by atoms with E-state index in [1.54, 1.807) is 0 Å². The Labute approximate surface area is 109 Å². The van der Waals surface area contributed by atoms with Gasteiger partial charge in [0, 0.05) is 25.0 Å². The van der Waals surface area contributed by atoms with Crippen molar-refractivity contribution in [2.75, 3.05) is 17.7 Å². The van der Waals surface area contributed by atoms with Crippen LogP contribution in [0.3, 0.4) is 0 Å². The monoisotopic (exact) mass is 240 g/mol. The van der Waals surface area contributed by atoms with Crippen molar-refractivity contribution in [3.8, 4) is 0 Å². The number of hydrogen-bond acceptors (Lipinski definition) is 2. The van der Waals surface area contributed by atoms with Gasteiger partial charge in [-0.1, -0.05) is 24.3 Å². The van der Waals surface area contributed by atoms with Crippen molar-refractivity contribution in [3.63, 3.8) is 0 Å². The van der Waals surface area contributed by atoms with Gasteiger partial charge in [-0.05, 0) is 48.7 Å². The summed E-state index contributed by atoms with van der Waals surface area (Å²) in [6.07, 6.45) is 0. The van der Waals surface area contributed by atoms with Gasteiger partial charge in [-0.25, -0.2) is 0 Å². The number of rotatable bonds is 3. The summed E-state index contributed by atoms with van der Waals surface area (Å²) in [5.74, 6) is 0. The normalized spacial score (nSPS) is 10.4. The van der Waals surface area contributed by atoms with Gasteiger partial charge in [0.1, 0.15) is 0 Å². The van der Waals surface area contributed by atoms with Crippen LogP contribution in [0.15, 0.2) is 42.5 Å². The molecule has 0 unspecified atom stereocenters. The van der Waals surface area contributed by atoms with Crippen LogP contribution in [-0.4, -0.2) is 7.05 Å². The van der Waals surface area contributed by atoms with Gasteiger partial charge in [-0.15, -0.1) is 0 Å². The van der Waals surface area contributed by atoms with Crippen molar-refractivity contribution < 1.29 is 0 Å². The van der Waals surface area contributed by atoms with E-state index in [4.69, 9.17) is 5.73 Å². The molecular weight excluding hydrogens is 220 g/mol. The Kier molecular flexibility index (Phi) is 3.56. The molecule has 0 aliphatic heterocycles. The van der Waals surface area contributed by atoms with Crippen LogP contribution in [-0.2, 0) is 6.54 Å². The molecule has 2 heteroatoms. The SMILES string of the molecule is Cc1ccc(C)c(N(C)Cc2cccc(N)c2)c1. The molecule has 0 saturated heterocycles. The molecule has 0 aliphatic carbocycles. The van der Waals surface area contributed by atoms with Gasteiger partial charge < -0.3 is 10.6 Å². The summed E-state index contributed by atoms with van der Waals surface area (Å²) in [7, 11) is 2.12. The Hall–Kier alpha value is -1.96. The van der Waals surface area contributed by atoms with E-state index in [0.29, 0.717) is 0 Å². The van der Waals surface area contributed by atoms with E-state index < -0.39 is 0 Å². The number of nitrogen functional groups attached to an aromatic ring is 1. The van der Waals surface area contributed by atoms with E-state index in [2.05, 4.69) is 50.1 Å². The van der Waals surface area contributed by atoms with E-state index in [1.165, 1.54) is 22.4 Å². The predicted molar refractivity (Wildman–Crippen MR) is 78.9 cm³/mol. The topological polar surface area (TPSA) is 29.3 Å². The third-order valence-electron chi connectivity index (χ3n) is 3.15. The lowest BCUT2D eigenvalue weighted by atomic mass is 10.1.